The third-order valence-electron chi connectivity index (χ3n) is 3.40. The smallest absolute Gasteiger partial charge is 0.312 e. The molecule has 0 saturated carbocycles. The monoisotopic (exact) mass is 243 g/mol. The minimum Gasteiger partial charge on any atom is -0.312 e. The molecule has 1 nitrogen and oxygen atoms in total. The maximum Gasteiger partial charge on any atom is 0.416 e. The van der Waals surface area contributed by atoms with Gasteiger partial charge in [-0.25, -0.2) is 0 Å². The fourth-order valence-corrected chi connectivity index (χ4v) is 2.37. The zero-order chi connectivity index (χ0) is 12.5. The molecule has 0 aromatic heterocycles. The summed E-state index contributed by atoms with van der Waals surface area (Å²) in [5.41, 5.74) is 0.784. The average molecular weight is 243 g/mol. The summed E-state index contributed by atoms with van der Waals surface area (Å²) in [5.74, 6) is 0.430. The minimum atomic E-state index is -4.25. The van der Waals surface area contributed by atoms with Crippen molar-refractivity contribution in [2.45, 2.75) is 32.5 Å². The first kappa shape index (κ1) is 12.4. The molecular weight excluding hydrogens is 227 g/mol. The molecule has 0 bridgehead atoms. The van der Waals surface area contributed by atoms with E-state index >= 15 is 0 Å². The number of benzene rings is 1. The first-order valence-electron chi connectivity index (χ1n) is 5.91. The Bertz CT molecular complexity index is 398. The van der Waals surface area contributed by atoms with E-state index < -0.39 is 11.7 Å². The van der Waals surface area contributed by atoms with E-state index in [0.29, 0.717) is 18.0 Å². The van der Waals surface area contributed by atoms with Crippen LogP contribution in [-0.4, -0.2) is 6.54 Å². The van der Waals surface area contributed by atoms with Crippen LogP contribution in [-0.2, 0) is 19.1 Å². The number of fused-ring (bicyclic) bond motifs is 1. The third-order valence-corrected chi connectivity index (χ3v) is 3.40. The molecule has 0 fully saturated rings. The highest BCUT2D eigenvalue weighted by Crippen LogP contribution is 2.34. The number of nitrogens with one attached hydrogen (secondary N) is 1. The predicted octanol–water partition coefficient (Wildman–Crippen LogP) is 3.38. The summed E-state index contributed by atoms with van der Waals surface area (Å²) in [7, 11) is 0. The van der Waals surface area contributed by atoms with Gasteiger partial charge in [0.15, 0.2) is 0 Å². The third kappa shape index (κ3) is 2.63. The van der Waals surface area contributed by atoms with Crippen LogP contribution in [0.2, 0.25) is 0 Å². The highest BCUT2D eigenvalue weighted by Gasteiger charge is 2.34. The molecule has 0 radical (unpaired) electrons. The number of alkyl halides is 3. The van der Waals surface area contributed by atoms with Crippen LogP contribution in [0.15, 0.2) is 18.2 Å². The van der Waals surface area contributed by atoms with Crippen molar-refractivity contribution >= 4 is 0 Å². The van der Waals surface area contributed by atoms with Crippen LogP contribution in [0.4, 0.5) is 13.2 Å². The zero-order valence-electron chi connectivity index (χ0n) is 9.77. The standard InChI is InChI=1S/C13H16F3N/c1-2-9-6-10-4-3-5-12(13(14,15)16)11(10)8-17-7-9/h3-5,9,17H,2,6-8H2,1H3/t9-/m1/s1. The second-order valence-corrected chi connectivity index (χ2v) is 4.55. The second-order valence-electron chi connectivity index (χ2n) is 4.55. The van der Waals surface area contributed by atoms with Gasteiger partial charge in [0, 0.05) is 6.54 Å². The summed E-state index contributed by atoms with van der Waals surface area (Å²) in [5, 5.41) is 3.12. The lowest BCUT2D eigenvalue weighted by atomic mass is 9.93. The van der Waals surface area contributed by atoms with Gasteiger partial charge in [0.2, 0.25) is 0 Å². The van der Waals surface area contributed by atoms with Crippen molar-refractivity contribution in [3.63, 3.8) is 0 Å². The molecule has 0 amide bonds. The van der Waals surface area contributed by atoms with Crippen LogP contribution in [0.3, 0.4) is 0 Å². The SMILES string of the molecule is CC[C@H]1CNCc2c(cccc2C(F)(F)F)C1. The number of hydrogen-bond donors (Lipinski definition) is 1. The molecule has 4 heteroatoms. The van der Waals surface area contributed by atoms with Crippen molar-refractivity contribution in [1.82, 2.24) is 5.32 Å². The van der Waals surface area contributed by atoms with E-state index in [9.17, 15) is 13.2 Å². The molecule has 1 aromatic rings. The summed E-state index contributed by atoms with van der Waals surface area (Å²) < 4.78 is 38.6. The van der Waals surface area contributed by atoms with Crippen LogP contribution in [0.5, 0.6) is 0 Å². The van der Waals surface area contributed by atoms with Crippen molar-refractivity contribution in [2.75, 3.05) is 6.54 Å². The van der Waals surface area contributed by atoms with Crippen LogP contribution in [0, 0.1) is 5.92 Å². The van der Waals surface area contributed by atoms with Crippen molar-refractivity contribution in [3.05, 3.63) is 34.9 Å². The maximum absolute atomic E-state index is 12.9. The Morgan fingerprint density at radius 2 is 2.12 bits per heavy atom. The van der Waals surface area contributed by atoms with E-state index in [4.69, 9.17) is 0 Å². The van der Waals surface area contributed by atoms with Crippen molar-refractivity contribution in [1.29, 1.82) is 0 Å². The first-order chi connectivity index (χ1) is 8.02. The van der Waals surface area contributed by atoms with Gasteiger partial charge in [0.1, 0.15) is 0 Å². The van der Waals surface area contributed by atoms with Crippen LogP contribution >= 0.6 is 0 Å². The van der Waals surface area contributed by atoms with Crippen molar-refractivity contribution < 1.29 is 13.2 Å². The van der Waals surface area contributed by atoms with Gasteiger partial charge in [0.25, 0.3) is 0 Å². The topological polar surface area (TPSA) is 12.0 Å². The van der Waals surface area contributed by atoms with E-state index in [1.165, 1.54) is 12.1 Å². The van der Waals surface area contributed by atoms with Crippen molar-refractivity contribution in [2.24, 2.45) is 5.92 Å². The molecule has 1 aliphatic heterocycles. The normalized spacial score (nSPS) is 20.8. The van der Waals surface area contributed by atoms with E-state index in [2.05, 4.69) is 12.2 Å². The lowest BCUT2D eigenvalue weighted by Gasteiger charge is -2.15. The van der Waals surface area contributed by atoms with Gasteiger partial charge in [-0.05, 0) is 36.1 Å². The predicted molar refractivity (Wildman–Crippen MR) is 60.6 cm³/mol. The van der Waals surface area contributed by atoms with Gasteiger partial charge >= 0.3 is 6.18 Å². The molecule has 1 aliphatic rings. The molecule has 0 saturated heterocycles. The quantitative estimate of drug-likeness (QED) is 0.797. The molecule has 94 valence electrons. The number of rotatable bonds is 1. The Labute approximate surface area is 99.0 Å². The molecular formula is C13H16F3N. The van der Waals surface area contributed by atoms with Crippen LogP contribution < -0.4 is 5.32 Å². The molecule has 17 heavy (non-hydrogen) atoms. The van der Waals surface area contributed by atoms with Gasteiger partial charge in [-0.3, -0.25) is 0 Å². The summed E-state index contributed by atoms with van der Waals surface area (Å²) in [6, 6.07) is 4.51. The van der Waals surface area contributed by atoms with E-state index in [0.717, 1.165) is 24.9 Å². The highest BCUT2D eigenvalue weighted by atomic mass is 19.4. The van der Waals surface area contributed by atoms with Gasteiger partial charge < -0.3 is 5.32 Å². The van der Waals surface area contributed by atoms with Gasteiger partial charge in [-0.1, -0.05) is 25.5 Å². The largest absolute Gasteiger partial charge is 0.416 e. The van der Waals surface area contributed by atoms with E-state index in [-0.39, 0.29) is 0 Å². The lowest BCUT2D eigenvalue weighted by molar-refractivity contribution is -0.138. The van der Waals surface area contributed by atoms with Gasteiger partial charge in [-0.15, -0.1) is 0 Å². The minimum absolute atomic E-state index is 0.321. The molecule has 1 heterocycles. The first-order valence-corrected chi connectivity index (χ1v) is 5.91. The average Bonchev–Trinajstić information content (AvgIpc) is 2.48. The number of halogens is 3. The summed E-state index contributed by atoms with van der Waals surface area (Å²) in [4.78, 5) is 0. The molecule has 0 aliphatic carbocycles. The van der Waals surface area contributed by atoms with Crippen molar-refractivity contribution in [3.8, 4) is 0 Å². The zero-order valence-corrected chi connectivity index (χ0v) is 9.77. The Morgan fingerprint density at radius 1 is 1.35 bits per heavy atom. The Kier molecular flexibility index (Phi) is 3.43. The number of hydrogen-bond acceptors (Lipinski definition) is 1. The fraction of sp³-hybridized carbons (Fsp3) is 0.538. The van der Waals surface area contributed by atoms with Crippen LogP contribution in [0.1, 0.15) is 30.0 Å². The molecule has 1 atom stereocenters. The Balaban J connectivity index is 2.41. The Morgan fingerprint density at radius 3 is 2.76 bits per heavy atom. The highest BCUT2D eigenvalue weighted by molar-refractivity contribution is 5.38. The molecule has 0 spiro atoms. The summed E-state index contributed by atoms with van der Waals surface area (Å²) in [6.07, 6.45) is -2.52. The molecule has 1 aromatic carbocycles. The van der Waals surface area contributed by atoms with E-state index in [1.54, 1.807) is 0 Å². The van der Waals surface area contributed by atoms with Crippen LogP contribution in [0.25, 0.3) is 0 Å². The van der Waals surface area contributed by atoms with E-state index in [1.807, 2.05) is 6.07 Å². The maximum atomic E-state index is 12.9. The van der Waals surface area contributed by atoms with Gasteiger partial charge in [0.05, 0.1) is 5.56 Å². The lowest BCUT2D eigenvalue weighted by Crippen LogP contribution is -2.20. The summed E-state index contributed by atoms with van der Waals surface area (Å²) in [6.45, 7) is 3.19. The second kappa shape index (κ2) is 4.69. The molecule has 0 unspecified atom stereocenters. The van der Waals surface area contributed by atoms with Gasteiger partial charge in [-0.2, -0.15) is 13.2 Å². The Hall–Kier alpha value is -1.03. The fourth-order valence-electron chi connectivity index (χ4n) is 2.37. The molecule has 2 rings (SSSR count). The molecule has 1 N–H and O–H groups in total. The summed E-state index contributed by atoms with van der Waals surface area (Å²) >= 11 is 0.